The second-order valence-electron chi connectivity index (χ2n) is 6.93. The average Bonchev–Trinajstić information content (AvgIpc) is 2.52. The fourth-order valence-electron chi connectivity index (χ4n) is 2.55. The van der Waals surface area contributed by atoms with Crippen LogP contribution in [0.4, 0.5) is 4.79 Å². The van der Waals surface area contributed by atoms with Gasteiger partial charge in [0.05, 0.1) is 6.61 Å². The van der Waals surface area contributed by atoms with Crippen LogP contribution in [0.2, 0.25) is 0 Å². The summed E-state index contributed by atoms with van der Waals surface area (Å²) in [4.78, 5) is 24.5. The van der Waals surface area contributed by atoms with E-state index in [4.69, 9.17) is 9.47 Å². The first-order chi connectivity index (χ1) is 10.9. The Morgan fingerprint density at radius 2 is 2.00 bits per heavy atom. The largest absolute Gasteiger partial charge is 0.493 e. The second kappa shape index (κ2) is 7.49. The van der Waals surface area contributed by atoms with Gasteiger partial charge in [0.1, 0.15) is 17.6 Å². The zero-order chi connectivity index (χ0) is 16.9. The van der Waals surface area contributed by atoms with Crippen LogP contribution in [0.25, 0.3) is 0 Å². The van der Waals surface area contributed by atoms with Crippen LogP contribution in [0.15, 0.2) is 24.3 Å². The molecule has 1 saturated heterocycles. The van der Waals surface area contributed by atoms with Gasteiger partial charge in [-0.1, -0.05) is 0 Å². The maximum Gasteiger partial charge on any atom is 0.410 e. The van der Waals surface area contributed by atoms with Gasteiger partial charge in [0.15, 0.2) is 0 Å². The van der Waals surface area contributed by atoms with E-state index < -0.39 is 5.60 Å². The summed E-state index contributed by atoms with van der Waals surface area (Å²) in [6.07, 6.45) is 2.55. The molecule has 0 spiro atoms. The van der Waals surface area contributed by atoms with Crippen molar-refractivity contribution in [2.75, 3.05) is 19.7 Å². The molecule has 1 unspecified atom stereocenters. The third kappa shape index (κ3) is 5.58. The molecule has 0 bridgehead atoms. The van der Waals surface area contributed by atoms with Crippen molar-refractivity contribution in [2.24, 2.45) is 5.92 Å². The average molecular weight is 319 g/mol. The number of nitrogens with zero attached hydrogens (tertiary/aromatic N) is 1. The minimum absolute atomic E-state index is 0.252. The molecule has 0 aliphatic carbocycles. The number of carbonyl (C=O) groups is 2. The molecule has 1 aliphatic rings. The van der Waals surface area contributed by atoms with Gasteiger partial charge in [-0.2, -0.15) is 0 Å². The van der Waals surface area contributed by atoms with Gasteiger partial charge >= 0.3 is 6.09 Å². The van der Waals surface area contributed by atoms with Gasteiger partial charge in [-0.15, -0.1) is 0 Å². The predicted octanol–water partition coefficient (Wildman–Crippen LogP) is 3.53. The number of hydrogen-bond donors (Lipinski definition) is 0. The molecule has 23 heavy (non-hydrogen) atoms. The molecule has 5 heteroatoms. The van der Waals surface area contributed by atoms with Crippen LogP contribution in [-0.2, 0) is 4.74 Å². The minimum atomic E-state index is -0.471. The zero-order valence-electron chi connectivity index (χ0n) is 14.1. The lowest BCUT2D eigenvalue weighted by atomic mass is 9.99. The number of benzene rings is 1. The van der Waals surface area contributed by atoms with Crippen molar-refractivity contribution in [3.05, 3.63) is 29.8 Å². The first-order valence-electron chi connectivity index (χ1n) is 8.03. The first kappa shape index (κ1) is 17.3. The van der Waals surface area contributed by atoms with Gasteiger partial charge in [-0.25, -0.2) is 4.79 Å². The number of rotatable bonds is 4. The Balaban J connectivity index is 1.83. The molecule has 0 radical (unpaired) electrons. The van der Waals surface area contributed by atoms with Gasteiger partial charge in [0, 0.05) is 24.6 Å². The summed E-state index contributed by atoms with van der Waals surface area (Å²) in [5, 5.41) is 0. The number of likely N-dealkylation sites (tertiary alicyclic amines) is 1. The smallest absolute Gasteiger partial charge is 0.410 e. The highest BCUT2D eigenvalue weighted by Crippen LogP contribution is 2.21. The number of ether oxygens (including phenoxy) is 2. The number of carbonyl (C=O) groups excluding carboxylic acids is 2. The molecule has 1 aliphatic heterocycles. The molecule has 1 aromatic carbocycles. The summed E-state index contributed by atoms with van der Waals surface area (Å²) in [5.41, 5.74) is 0.159. The van der Waals surface area contributed by atoms with Crippen molar-refractivity contribution < 1.29 is 19.1 Å². The molecule has 0 aromatic heterocycles. The van der Waals surface area contributed by atoms with Gasteiger partial charge < -0.3 is 14.4 Å². The van der Waals surface area contributed by atoms with E-state index >= 15 is 0 Å². The highest BCUT2D eigenvalue weighted by atomic mass is 16.6. The van der Waals surface area contributed by atoms with E-state index in [9.17, 15) is 9.59 Å². The van der Waals surface area contributed by atoms with Crippen LogP contribution in [-0.4, -0.2) is 42.6 Å². The highest BCUT2D eigenvalue weighted by Gasteiger charge is 2.27. The number of hydrogen-bond acceptors (Lipinski definition) is 4. The number of piperidine rings is 1. The Labute approximate surface area is 137 Å². The fraction of sp³-hybridized carbons (Fsp3) is 0.556. The lowest BCUT2D eigenvalue weighted by Crippen LogP contribution is -2.44. The van der Waals surface area contributed by atoms with Crippen molar-refractivity contribution >= 4 is 12.4 Å². The van der Waals surface area contributed by atoms with Gasteiger partial charge in [0.25, 0.3) is 0 Å². The quantitative estimate of drug-likeness (QED) is 0.797. The van der Waals surface area contributed by atoms with E-state index in [1.807, 2.05) is 20.8 Å². The normalized spacial score (nSPS) is 18.4. The Morgan fingerprint density at radius 3 is 2.61 bits per heavy atom. The molecular formula is C18H25NO4. The van der Waals surface area contributed by atoms with E-state index in [2.05, 4.69) is 0 Å². The van der Waals surface area contributed by atoms with Crippen LogP contribution >= 0.6 is 0 Å². The predicted molar refractivity (Wildman–Crippen MR) is 87.9 cm³/mol. The third-order valence-corrected chi connectivity index (χ3v) is 3.67. The summed E-state index contributed by atoms with van der Waals surface area (Å²) in [5.74, 6) is 1.03. The molecular weight excluding hydrogens is 294 g/mol. The summed E-state index contributed by atoms with van der Waals surface area (Å²) >= 11 is 0. The first-order valence-corrected chi connectivity index (χ1v) is 8.03. The molecule has 2 rings (SSSR count). The summed E-state index contributed by atoms with van der Waals surface area (Å²) < 4.78 is 11.2. The summed E-state index contributed by atoms with van der Waals surface area (Å²) in [7, 11) is 0. The molecule has 126 valence electrons. The molecule has 1 heterocycles. The standard InChI is InChI=1S/C18H25NO4/c1-18(2,3)23-17(21)19-10-4-5-15(11-19)13-22-16-8-6-14(12-20)7-9-16/h6-9,12,15H,4-5,10-11,13H2,1-3H3. The van der Waals surface area contributed by atoms with Gasteiger partial charge in [0.2, 0.25) is 0 Å². The zero-order valence-corrected chi connectivity index (χ0v) is 14.1. The molecule has 1 amide bonds. The van der Waals surface area contributed by atoms with Crippen molar-refractivity contribution in [1.82, 2.24) is 4.90 Å². The van der Waals surface area contributed by atoms with E-state index in [-0.39, 0.29) is 6.09 Å². The summed E-state index contributed by atoms with van der Waals surface area (Å²) in [6.45, 7) is 7.57. The van der Waals surface area contributed by atoms with Crippen molar-refractivity contribution in [1.29, 1.82) is 0 Å². The molecule has 5 nitrogen and oxygen atoms in total. The van der Waals surface area contributed by atoms with E-state index in [0.717, 1.165) is 31.4 Å². The topological polar surface area (TPSA) is 55.8 Å². The SMILES string of the molecule is CC(C)(C)OC(=O)N1CCCC(COc2ccc(C=O)cc2)C1. The Kier molecular flexibility index (Phi) is 5.64. The highest BCUT2D eigenvalue weighted by molar-refractivity contribution is 5.74. The van der Waals surface area contributed by atoms with E-state index in [1.165, 1.54) is 0 Å². The van der Waals surface area contributed by atoms with Crippen LogP contribution in [0.1, 0.15) is 44.0 Å². The monoisotopic (exact) mass is 319 g/mol. The van der Waals surface area contributed by atoms with Gasteiger partial charge in [-0.3, -0.25) is 4.79 Å². The van der Waals surface area contributed by atoms with Crippen LogP contribution in [0, 0.1) is 5.92 Å². The number of amides is 1. The number of aldehydes is 1. The van der Waals surface area contributed by atoms with Crippen molar-refractivity contribution in [3.8, 4) is 5.75 Å². The van der Waals surface area contributed by atoms with E-state index in [0.29, 0.717) is 24.6 Å². The lowest BCUT2D eigenvalue weighted by molar-refractivity contribution is 0.0139. The maximum absolute atomic E-state index is 12.1. The van der Waals surface area contributed by atoms with Gasteiger partial charge in [-0.05, 0) is 57.9 Å². The molecule has 1 fully saturated rings. The van der Waals surface area contributed by atoms with Crippen molar-refractivity contribution in [3.63, 3.8) is 0 Å². The second-order valence-corrected chi connectivity index (χ2v) is 6.93. The van der Waals surface area contributed by atoms with E-state index in [1.54, 1.807) is 29.2 Å². The Morgan fingerprint density at radius 1 is 1.30 bits per heavy atom. The molecule has 0 saturated carbocycles. The molecule has 1 atom stereocenters. The lowest BCUT2D eigenvalue weighted by Gasteiger charge is -2.34. The molecule has 1 aromatic rings. The Hall–Kier alpha value is -2.04. The molecule has 0 N–H and O–H groups in total. The minimum Gasteiger partial charge on any atom is -0.493 e. The van der Waals surface area contributed by atoms with Crippen LogP contribution in [0.3, 0.4) is 0 Å². The van der Waals surface area contributed by atoms with Crippen LogP contribution in [0.5, 0.6) is 5.75 Å². The van der Waals surface area contributed by atoms with Crippen molar-refractivity contribution in [2.45, 2.75) is 39.2 Å². The maximum atomic E-state index is 12.1. The van der Waals surface area contributed by atoms with Crippen LogP contribution < -0.4 is 4.74 Å². The fourth-order valence-corrected chi connectivity index (χ4v) is 2.55. The summed E-state index contributed by atoms with van der Waals surface area (Å²) in [6, 6.07) is 7.04. The third-order valence-electron chi connectivity index (χ3n) is 3.67. The Bertz CT molecular complexity index is 533.